The third kappa shape index (κ3) is 4.71. The van der Waals surface area contributed by atoms with Crippen LogP contribution in [0.4, 0.5) is 8.78 Å². The smallest absolute Gasteiger partial charge is 0.207 e. The zero-order valence-corrected chi connectivity index (χ0v) is 6.95. The maximum Gasteiger partial charge on any atom is 0.248 e. The van der Waals surface area contributed by atoms with Crippen LogP contribution in [0.5, 0.6) is 0 Å². The van der Waals surface area contributed by atoms with Crippen LogP contribution in [0.1, 0.15) is 40.0 Å². The van der Waals surface area contributed by atoms with Crippen molar-refractivity contribution in [3.05, 3.63) is 0 Å². The van der Waals surface area contributed by atoms with Gasteiger partial charge in [-0.3, -0.25) is 0 Å². The minimum atomic E-state index is -2.43. The van der Waals surface area contributed by atoms with Crippen LogP contribution in [-0.2, 0) is 0 Å². The maximum atomic E-state index is 12.7. The van der Waals surface area contributed by atoms with Gasteiger partial charge in [-0.1, -0.05) is 27.2 Å². The molecule has 0 unspecified atom stereocenters. The molecule has 0 aromatic heterocycles. The van der Waals surface area contributed by atoms with Gasteiger partial charge in [0.25, 0.3) is 0 Å². The van der Waals surface area contributed by atoms with E-state index in [2.05, 4.69) is 0 Å². The topological polar surface area (TPSA) is 0 Å². The fourth-order valence-corrected chi connectivity index (χ4v) is 1.07. The zero-order valence-electron chi connectivity index (χ0n) is 6.95. The van der Waals surface area contributed by atoms with Crippen LogP contribution < -0.4 is 0 Å². The average molecular weight is 150 g/mol. The fraction of sp³-hybridized carbons (Fsp3) is 1.00. The lowest BCUT2D eigenvalue weighted by molar-refractivity contribution is -0.0275. The van der Waals surface area contributed by atoms with Gasteiger partial charge in [-0.05, 0) is 5.92 Å². The third-order valence-electron chi connectivity index (χ3n) is 1.32. The Morgan fingerprint density at radius 3 is 2.10 bits per heavy atom. The second-order valence-corrected chi connectivity index (χ2v) is 3.20. The molecule has 0 aromatic carbocycles. The molecule has 0 N–H and O–H groups in total. The van der Waals surface area contributed by atoms with Crippen molar-refractivity contribution in [1.82, 2.24) is 0 Å². The van der Waals surface area contributed by atoms with Gasteiger partial charge < -0.3 is 0 Å². The van der Waals surface area contributed by atoms with Crippen LogP contribution in [0.25, 0.3) is 0 Å². The molecule has 0 aliphatic heterocycles. The summed E-state index contributed by atoms with van der Waals surface area (Å²) in [6.45, 7) is 5.43. The minimum Gasteiger partial charge on any atom is -0.207 e. The van der Waals surface area contributed by atoms with Crippen molar-refractivity contribution >= 4 is 0 Å². The van der Waals surface area contributed by atoms with Crippen LogP contribution in [0.2, 0.25) is 0 Å². The lowest BCUT2D eigenvalue weighted by atomic mass is 10.0. The zero-order chi connectivity index (χ0) is 8.20. The summed E-state index contributed by atoms with van der Waals surface area (Å²) < 4.78 is 25.3. The largest absolute Gasteiger partial charge is 0.248 e. The Labute approximate surface area is 61.6 Å². The van der Waals surface area contributed by atoms with Crippen molar-refractivity contribution in [3.8, 4) is 0 Å². The summed E-state index contributed by atoms with van der Waals surface area (Å²) in [7, 11) is 0. The van der Waals surface area contributed by atoms with Crippen molar-refractivity contribution in [3.63, 3.8) is 0 Å². The highest BCUT2D eigenvalue weighted by atomic mass is 19.3. The molecule has 0 fully saturated rings. The molecule has 0 amide bonds. The van der Waals surface area contributed by atoms with Gasteiger partial charge >= 0.3 is 0 Å². The second kappa shape index (κ2) is 3.89. The van der Waals surface area contributed by atoms with E-state index in [0.29, 0.717) is 6.42 Å². The molecule has 0 saturated heterocycles. The number of halogens is 2. The van der Waals surface area contributed by atoms with Crippen LogP contribution in [0.15, 0.2) is 0 Å². The maximum absolute atomic E-state index is 12.7. The molecule has 0 rings (SSSR count). The quantitative estimate of drug-likeness (QED) is 0.575. The molecule has 0 bridgehead atoms. The summed E-state index contributed by atoms with van der Waals surface area (Å²) in [5.74, 6) is -2.33. The molecule has 0 saturated carbocycles. The second-order valence-electron chi connectivity index (χ2n) is 3.20. The molecule has 2 heteroatoms. The van der Waals surface area contributed by atoms with E-state index in [1.54, 1.807) is 6.92 Å². The third-order valence-corrected chi connectivity index (χ3v) is 1.32. The number of hydrogen-bond acceptors (Lipinski definition) is 0. The van der Waals surface area contributed by atoms with Crippen molar-refractivity contribution in [2.24, 2.45) is 5.92 Å². The van der Waals surface area contributed by atoms with Gasteiger partial charge in [0.2, 0.25) is 5.92 Å². The molecule has 0 aliphatic carbocycles. The Morgan fingerprint density at radius 1 is 1.30 bits per heavy atom. The van der Waals surface area contributed by atoms with Crippen LogP contribution >= 0.6 is 0 Å². The van der Waals surface area contributed by atoms with Gasteiger partial charge in [-0.15, -0.1) is 0 Å². The first kappa shape index (κ1) is 9.86. The molecule has 0 aliphatic rings. The standard InChI is InChI=1S/C8H16F2/c1-4-5-8(9,10)6-7(2)3/h7H,4-6H2,1-3H3. The Kier molecular flexibility index (Phi) is 3.84. The molecule has 10 heavy (non-hydrogen) atoms. The lowest BCUT2D eigenvalue weighted by Crippen LogP contribution is -2.17. The highest BCUT2D eigenvalue weighted by molar-refractivity contribution is 4.66. The van der Waals surface area contributed by atoms with E-state index in [4.69, 9.17) is 0 Å². The Morgan fingerprint density at radius 2 is 1.80 bits per heavy atom. The molecule has 0 aromatic rings. The number of alkyl halides is 2. The molecule has 0 atom stereocenters. The molecule has 0 heterocycles. The van der Waals surface area contributed by atoms with Gasteiger partial charge in [0.15, 0.2) is 0 Å². The first-order valence-corrected chi connectivity index (χ1v) is 3.86. The van der Waals surface area contributed by atoms with Crippen molar-refractivity contribution in [1.29, 1.82) is 0 Å². The van der Waals surface area contributed by atoms with E-state index in [9.17, 15) is 8.78 Å². The Balaban J connectivity index is 3.63. The van der Waals surface area contributed by atoms with Crippen LogP contribution in [-0.4, -0.2) is 5.92 Å². The Bertz CT molecular complexity index is 87.3. The van der Waals surface area contributed by atoms with E-state index >= 15 is 0 Å². The van der Waals surface area contributed by atoms with Gasteiger partial charge in [0.1, 0.15) is 0 Å². The summed E-state index contributed by atoms with van der Waals surface area (Å²) >= 11 is 0. The van der Waals surface area contributed by atoms with Crippen molar-refractivity contribution in [2.45, 2.75) is 46.0 Å². The van der Waals surface area contributed by atoms with Crippen LogP contribution in [0.3, 0.4) is 0 Å². The van der Waals surface area contributed by atoms with Crippen LogP contribution in [0, 0.1) is 5.92 Å². The summed E-state index contributed by atoms with van der Waals surface area (Å²) in [4.78, 5) is 0. The lowest BCUT2D eigenvalue weighted by Gasteiger charge is -2.16. The van der Waals surface area contributed by atoms with E-state index < -0.39 is 5.92 Å². The summed E-state index contributed by atoms with van der Waals surface area (Å²) in [5.41, 5.74) is 0. The van der Waals surface area contributed by atoms with Crippen molar-refractivity contribution < 1.29 is 8.78 Å². The van der Waals surface area contributed by atoms with E-state index in [1.165, 1.54) is 0 Å². The summed E-state index contributed by atoms with van der Waals surface area (Å²) in [6.07, 6.45) is 0.631. The molecule has 0 radical (unpaired) electrons. The fourth-order valence-electron chi connectivity index (χ4n) is 1.07. The van der Waals surface area contributed by atoms with Gasteiger partial charge in [-0.2, -0.15) is 0 Å². The van der Waals surface area contributed by atoms with Gasteiger partial charge in [-0.25, -0.2) is 8.78 Å². The average Bonchev–Trinajstić information content (AvgIpc) is 1.59. The predicted octanol–water partition coefficient (Wildman–Crippen LogP) is 3.47. The van der Waals surface area contributed by atoms with Gasteiger partial charge in [0.05, 0.1) is 0 Å². The predicted molar refractivity (Wildman–Crippen MR) is 39.3 cm³/mol. The van der Waals surface area contributed by atoms with E-state index in [1.807, 2.05) is 13.8 Å². The van der Waals surface area contributed by atoms with E-state index in [0.717, 1.165) is 0 Å². The normalized spacial score (nSPS) is 12.6. The van der Waals surface area contributed by atoms with E-state index in [-0.39, 0.29) is 18.8 Å². The first-order valence-electron chi connectivity index (χ1n) is 3.86. The monoisotopic (exact) mass is 150 g/mol. The van der Waals surface area contributed by atoms with Crippen molar-refractivity contribution in [2.75, 3.05) is 0 Å². The number of hydrogen-bond donors (Lipinski definition) is 0. The summed E-state index contributed by atoms with van der Waals surface area (Å²) in [5, 5.41) is 0. The summed E-state index contributed by atoms with van der Waals surface area (Å²) in [6, 6.07) is 0. The highest BCUT2D eigenvalue weighted by Gasteiger charge is 2.27. The minimum absolute atomic E-state index is 0.0286. The molecule has 0 nitrogen and oxygen atoms in total. The van der Waals surface area contributed by atoms with Gasteiger partial charge in [0, 0.05) is 12.8 Å². The molecule has 62 valence electrons. The molecule has 0 spiro atoms. The SMILES string of the molecule is CCCC(F)(F)CC(C)C. The molecular weight excluding hydrogens is 134 g/mol. The first-order chi connectivity index (χ1) is 4.48. The highest BCUT2D eigenvalue weighted by Crippen LogP contribution is 2.27. The number of rotatable bonds is 4. The Hall–Kier alpha value is -0.140. The molecular formula is C8H16F2.